The molecule has 0 aliphatic heterocycles. The third kappa shape index (κ3) is 5.10. The Bertz CT molecular complexity index is 3140. The maximum absolute atomic E-state index is 5.36. The van der Waals surface area contributed by atoms with Crippen molar-refractivity contribution in [1.29, 1.82) is 0 Å². The van der Waals surface area contributed by atoms with E-state index in [1.807, 2.05) is 11.3 Å². The smallest absolute Gasteiger partial charge is 0.160 e. The lowest BCUT2D eigenvalue weighted by atomic mass is 9.82. The van der Waals surface area contributed by atoms with E-state index >= 15 is 0 Å². The summed E-state index contributed by atoms with van der Waals surface area (Å²) in [6, 6.07) is 63.5. The normalized spacial score (nSPS) is 13.1. The predicted molar refractivity (Wildman–Crippen MR) is 233 cm³/mol. The number of nitrogens with zero attached hydrogens (tertiary/aromatic N) is 3. The van der Waals surface area contributed by atoms with Crippen LogP contribution in [0.15, 0.2) is 176 Å². The van der Waals surface area contributed by atoms with E-state index in [1.165, 1.54) is 53.2 Å². The first kappa shape index (κ1) is 31.9. The zero-order chi connectivity index (χ0) is 36.7. The Hall–Kier alpha value is -6.62. The Balaban J connectivity index is 1.04. The molecule has 0 saturated heterocycles. The van der Waals surface area contributed by atoms with Crippen LogP contribution in [-0.2, 0) is 5.41 Å². The molecule has 4 heteroatoms. The average molecular weight is 722 g/mol. The second-order valence-electron chi connectivity index (χ2n) is 15.0. The van der Waals surface area contributed by atoms with Crippen molar-refractivity contribution in [2.24, 2.45) is 0 Å². The summed E-state index contributed by atoms with van der Waals surface area (Å²) in [7, 11) is 0. The Kier molecular flexibility index (Phi) is 7.07. The van der Waals surface area contributed by atoms with Crippen LogP contribution in [0.1, 0.15) is 25.0 Å². The van der Waals surface area contributed by atoms with Crippen LogP contribution in [-0.4, -0.2) is 9.97 Å². The van der Waals surface area contributed by atoms with Gasteiger partial charge >= 0.3 is 0 Å². The maximum Gasteiger partial charge on any atom is 0.160 e. The molecule has 0 fully saturated rings. The van der Waals surface area contributed by atoms with Gasteiger partial charge in [0.1, 0.15) is 0 Å². The highest BCUT2D eigenvalue weighted by molar-refractivity contribution is 7.25. The van der Waals surface area contributed by atoms with Gasteiger partial charge in [0.25, 0.3) is 0 Å². The fraction of sp³-hybridized carbons (Fsp3) is 0.0588. The van der Waals surface area contributed by atoms with Crippen LogP contribution in [0.4, 0.5) is 17.1 Å². The van der Waals surface area contributed by atoms with Gasteiger partial charge in [-0.3, -0.25) is 0 Å². The number of para-hydroxylation sites is 2. The third-order valence-corrected chi connectivity index (χ3v) is 12.5. The van der Waals surface area contributed by atoms with Gasteiger partial charge in [0.15, 0.2) is 5.82 Å². The molecule has 0 N–H and O–H groups in total. The molecule has 1 aliphatic carbocycles. The van der Waals surface area contributed by atoms with E-state index in [1.54, 1.807) is 0 Å². The van der Waals surface area contributed by atoms with Crippen molar-refractivity contribution in [2.75, 3.05) is 4.90 Å². The Morgan fingerprint density at radius 1 is 0.455 bits per heavy atom. The third-order valence-electron chi connectivity index (χ3n) is 11.4. The van der Waals surface area contributed by atoms with Gasteiger partial charge in [-0.2, -0.15) is 0 Å². The molecule has 0 spiro atoms. The van der Waals surface area contributed by atoms with Crippen molar-refractivity contribution in [2.45, 2.75) is 19.3 Å². The van der Waals surface area contributed by atoms with E-state index in [9.17, 15) is 0 Å². The van der Waals surface area contributed by atoms with Crippen molar-refractivity contribution in [1.82, 2.24) is 9.97 Å². The van der Waals surface area contributed by atoms with Crippen LogP contribution in [0, 0.1) is 0 Å². The summed E-state index contributed by atoms with van der Waals surface area (Å²) in [6.45, 7) is 4.67. The van der Waals surface area contributed by atoms with E-state index in [4.69, 9.17) is 9.97 Å². The van der Waals surface area contributed by atoms with Crippen LogP contribution in [0.5, 0.6) is 0 Å². The van der Waals surface area contributed by atoms with E-state index in [-0.39, 0.29) is 5.41 Å². The number of thiophene rings is 1. The summed E-state index contributed by atoms with van der Waals surface area (Å²) in [4.78, 5) is 12.9. The van der Waals surface area contributed by atoms with Gasteiger partial charge in [0, 0.05) is 59.2 Å². The molecule has 0 unspecified atom stereocenters. The SMILES string of the molecule is CC1(C)c2ccccc2-c2ccc(N(c3ccccc3)c3cccc(-c4nc(-c5ccc6c(c5)sc5cc7ccccc7cc56)c5ccccc5n4)c3)cc21. The molecule has 0 bridgehead atoms. The van der Waals surface area contributed by atoms with Crippen LogP contribution < -0.4 is 4.90 Å². The van der Waals surface area contributed by atoms with Crippen LogP contribution in [0.2, 0.25) is 0 Å². The molecule has 2 aromatic heterocycles. The van der Waals surface area contributed by atoms with Gasteiger partial charge < -0.3 is 4.90 Å². The highest BCUT2D eigenvalue weighted by atomic mass is 32.1. The molecule has 11 rings (SSSR count). The van der Waals surface area contributed by atoms with E-state index in [0.29, 0.717) is 5.82 Å². The van der Waals surface area contributed by atoms with E-state index < -0.39 is 0 Å². The van der Waals surface area contributed by atoms with Gasteiger partial charge in [-0.25, -0.2) is 9.97 Å². The molecule has 8 aromatic carbocycles. The fourth-order valence-electron chi connectivity index (χ4n) is 8.67. The molecular weight excluding hydrogens is 687 g/mol. The highest BCUT2D eigenvalue weighted by Gasteiger charge is 2.35. The lowest BCUT2D eigenvalue weighted by molar-refractivity contribution is 0.660. The second-order valence-corrected chi connectivity index (χ2v) is 16.1. The first-order chi connectivity index (χ1) is 27.0. The first-order valence-electron chi connectivity index (χ1n) is 18.8. The minimum Gasteiger partial charge on any atom is -0.310 e. The molecule has 0 amide bonds. The summed E-state index contributed by atoms with van der Waals surface area (Å²) in [6.07, 6.45) is 0. The number of hydrogen-bond acceptors (Lipinski definition) is 4. The zero-order valence-electron chi connectivity index (χ0n) is 30.5. The van der Waals surface area contributed by atoms with Crippen LogP contribution in [0.3, 0.4) is 0 Å². The molecule has 55 heavy (non-hydrogen) atoms. The summed E-state index contributed by atoms with van der Waals surface area (Å²) in [5, 5.41) is 6.16. The van der Waals surface area contributed by atoms with Gasteiger partial charge in [-0.1, -0.05) is 129 Å². The lowest BCUT2D eigenvalue weighted by Crippen LogP contribution is -2.16. The number of aromatic nitrogens is 2. The van der Waals surface area contributed by atoms with Gasteiger partial charge in [0.05, 0.1) is 11.2 Å². The number of fused-ring (bicyclic) bond motifs is 8. The molecular formula is C51H35N3S. The van der Waals surface area contributed by atoms with Crippen molar-refractivity contribution >= 4 is 70.2 Å². The van der Waals surface area contributed by atoms with Crippen molar-refractivity contribution in [3.05, 3.63) is 187 Å². The molecule has 1 aliphatic rings. The number of anilines is 3. The standard InChI is InChI=1S/C51H35N3S/c1-51(2)44-21-10-8-19-39(44)40-26-24-38(31-45(40)51)54(36-16-4-3-5-17-36)37-18-12-15-35(27-37)50-52-46-22-11-9-20-42(46)49(53-50)34-23-25-41-43-28-32-13-6-7-14-33(32)29-48(43)55-47(41)30-34/h3-31H,1-2H3. The second kappa shape index (κ2) is 12.2. The Morgan fingerprint density at radius 3 is 2.05 bits per heavy atom. The molecule has 0 saturated carbocycles. The molecule has 260 valence electrons. The van der Waals surface area contributed by atoms with Gasteiger partial charge in [-0.15, -0.1) is 11.3 Å². The minimum atomic E-state index is -0.103. The highest BCUT2D eigenvalue weighted by Crippen LogP contribution is 2.50. The fourth-order valence-corrected chi connectivity index (χ4v) is 9.85. The average Bonchev–Trinajstić information content (AvgIpc) is 3.70. The minimum absolute atomic E-state index is 0.103. The number of benzene rings is 8. The maximum atomic E-state index is 5.36. The van der Waals surface area contributed by atoms with Crippen molar-refractivity contribution in [3.8, 4) is 33.8 Å². The summed E-state index contributed by atoms with van der Waals surface area (Å²) in [5.74, 6) is 0.705. The van der Waals surface area contributed by atoms with Gasteiger partial charge in [0.2, 0.25) is 0 Å². The predicted octanol–water partition coefficient (Wildman–Crippen LogP) is 14.3. The topological polar surface area (TPSA) is 29.0 Å². The van der Waals surface area contributed by atoms with Crippen molar-refractivity contribution in [3.63, 3.8) is 0 Å². The van der Waals surface area contributed by atoms with Gasteiger partial charge in [-0.05, 0) is 93.7 Å². The number of hydrogen-bond donors (Lipinski definition) is 0. The molecule has 2 heterocycles. The summed E-state index contributed by atoms with van der Waals surface area (Å²) >= 11 is 1.85. The monoisotopic (exact) mass is 721 g/mol. The lowest BCUT2D eigenvalue weighted by Gasteiger charge is -2.28. The van der Waals surface area contributed by atoms with E-state index in [0.717, 1.165) is 44.8 Å². The largest absolute Gasteiger partial charge is 0.310 e. The van der Waals surface area contributed by atoms with Crippen LogP contribution >= 0.6 is 11.3 Å². The summed E-state index contributed by atoms with van der Waals surface area (Å²) in [5.41, 5.74) is 12.4. The van der Waals surface area contributed by atoms with Crippen molar-refractivity contribution < 1.29 is 0 Å². The van der Waals surface area contributed by atoms with Crippen LogP contribution in [0.25, 0.3) is 75.6 Å². The molecule has 0 atom stereocenters. The molecule has 0 radical (unpaired) electrons. The van der Waals surface area contributed by atoms with E-state index in [2.05, 4.69) is 195 Å². The molecule has 3 nitrogen and oxygen atoms in total. The Labute approximate surface area is 323 Å². The molecule has 10 aromatic rings. The number of rotatable bonds is 5. The summed E-state index contributed by atoms with van der Waals surface area (Å²) < 4.78 is 2.56. The quantitative estimate of drug-likeness (QED) is 0.177. The Morgan fingerprint density at radius 2 is 1.16 bits per heavy atom. The zero-order valence-corrected chi connectivity index (χ0v) is 31.3. The first-order valence-corrected chi connectivity index (χ1v) is 19.6.